The molecule has 0 saturated carbocycles. The zero-order valence-electron chi connectivity index (χ0n) is 12.4. The fourth-order valence-electron chi connectivity index (χ4n) is 2.14. The van der Waals surface area contributed by atoms with E-state index in [0.717, 1.165) is 0 Å². The molecular weight excluding hydrogens is 294 g/mol. The first-order chi connectivity index (χ1) is 9.55. The third-order valence-electron chi connectivity index (χ3n) is 4.11. The summed E-state index contributed by atoms with van der Waals surface area (Å²) in [4.78, 5) is 10.6. The molecule has 1 fully saturated rings. The summed E-state index contributed by atoms with van der Waals surface area (Å²) in [5.74, 6) is -0.801. The molecule has 1 atom stereocenters. The van der Waals surface area contributed by atoms with Crippen LogP contribution in [0.15, 0.2) is 18.2 Å². The normalized spacial score (nSPS) is 21.3. The average molecular weight is 313 g/mol. The predicted octanol–water partition coefficient (Wildman–Crippen LogP) is 2.88. The van der Waals surface area contributed by atoms with Crippen molar-refractivity contribution in [1.29, 1.82) is 0 Å². The summed E-state index contributed by atoms with van der Waals surface area (Å²) in [7, 11) is -0.771. The van der Waals surface area contributed by atoms with E-state index >= 15 is 0 Å². The largest absolute Gasteiger partial charge is 0.480 e. The number of halogens is 1. The molecular formula is C13H18BClN2O4. The maximum absolute atomic E-state index is 11.1. The van der Waals surface area contributed by atoms with Gasteiger partial charge in [-0.1, -0.05) is 11.6 Å². The summed E-state index contributed by atoms with van der Waals surface area (Å²) >= 11 is 5.92. The smallest absolute Gasteiger partial charge is 0.402 e. The molecule has 8 heteroatoms. The predicted molar refractivity (Wildman–Crippen MR) is 81.1 cm³/mol. The maximum Gasteiger partial charge on any atom is 0.480 e. The summed E-state index contributed by atoms with van der Waals surface area (Å²) in [6, 6.07) is 4.28. The van der Waals surface area contributed by atoms with Gasteiger partial charge >= 0.3 is 7.12 Å². The lowest BCUT2D eigenvalue weighted by atomic mass is 9.74. The van der Waals surface area contributed by atoms with Crippen LogP contribution in [0, 0.1) is 10.1 Å². The summed E-state index contributed by atoms with van der Waals surface area (Å²) in [5.41, 5.74) is 5.23. The molecule has 0 aromatic heterocycles. The zero-order valence-corrected chi connectivity index (χ0v) is 13.2. The number of nitrogens with two attached hydrogens (primary N) is 1. The van der Waals surface area contributed by atoms with Crippen LogP contribution in [-0.4, -0.2) is 23.2 Å². The summed E-state index contributed by atoms with van der Waals surface area (Å²) in [6.07, 6.45) is 0. The van der Waals surface area contributed by atoms with Crippen molar-refractivity contribution < 1.29 is 14.2 Å². The van der Waals surface area contributed by atoms with Crippen LogP contribution in [0.3, 0.4) is 0 Å². The molecule has 1 heterocycles. The van der Waals surface area contributed by atoms with Gasteiger partial charge in [-0.3, -0.25) is 10.1 Å². The lowest BCUT2D eigenvalue weighted by Crippen LogP contribution is -2.41. The van der Waals surface area contributed by atoms with Gasteiger partial charge in [0.2, 0.25) is 0 Å². The Hall–Kier alpha value is -1.15. The second-order valence-corrected chi connectivity index (χ2v) is 6.55. The van der Waals surface area contributed by atoms with Crippen molar-refractivity contribution in [2.24, 2.45) is 5.73 Å². The highest BCUT2D eigenvalue weighted by atomic mass is 35.5. The van der Waals surface area contributed by atoms with E-state index in [1.807, 2.05) is 27.7 Å². The highest BCUT2D eigenvalue weighted by Gasteiger charge is 2.54. The van der Waals surface area contributed by atoms with Crippen molar-refractivity contribution in [3.05, 3.63) is 38.9 Å². The van der Waals surface area contributed by atoms with Gasteiger partial charge in [0.15, 0.2) is 0 Å². The Morgan fingerprint density at radius 1 is 1.29 bits per heavy atom. The van der Waals surface area contributed by atoms with Crippen LogP contribution in [-0.2, 0) is 9.31 Å². The van der Waals surface area contributed by atoms with Crippen LogP contribution in [0.5, 0.6) is 0 Å². The van der Waals surface area contributed by atoms with Crippen molar-refractivity contribution in [2.45, 2.75) is 44.8 Å². The number of hydrogen-bond donors (Lipinski definition) is 1. The minimum atomic E-state index is -0.801. The van der Waals surface area contributed by atoms with E-state index in [2.05, 4.69) is 0 Å². The Morgan fingerprint density at radius 2 is 1.81 bits per heavy atom. The van der Waals surface area contributed by atoms with Gasteiger partial charge in [0.1, 0.15) is 0 Å². The van der Waals surface area contributed by atoms with Crippen molar-refractivity contribution in [2.75, 3.05) is 0 Å². The second kappa shape index (κ2) is 5.24. The summed E-state index contributed by atoms with van der Waals surface area (Å²) < 4.78 is 11.7. The molecule has 0 amide bonds. The van der Waals surface area contributed by atoms with E-state index < -0.39 is 29.2 Å². The number of rotatable bonds is 3. The Kier molecular flexibility index (Phi) is 4.05. The standard InChI is InChI=1S/C13H18BClN2O4/c1-12(2)13(3,4)21-14(20-12)11(16)9-7-8(15)5-6-10(9)17(18)19/h5-7,11H,16H2,1-4H3/t11-/m1/s1. The maximum atomic E-state index is 11.1. The molecule has 1 saturated heterocycles. The van der Waals surface area contributed by atoms with Gasteiger partial charge in [-0.2, -0.15) is 0 Å². The lowest BCUT2D eigenvalue weighted by molar-refractivity contribution is -0.385. The highest BCUT2D eigenvalue weighted by molar-refractivity contribution is 6.47. The van der Waals surface area contributed by atoms with E-state index in [-0.39, 0.29) is 5.69 Å². The molecule has 0 bridgehead atoms. The molecule has 6 nitrogen and oxygen atoms in total. The number of nitro benzene ring substituents is 1. The van der Waals surface area contributed by atoms with Gasteiger partial charge in [-0.15, -0.1) is 0 Å². The molecule has 0 radical (unpaired) electrons. The Morgan fingerprint density at radius 3 is 2.29 bits per heavy atom. The molecule has 1 aromatic rings. The van der Waals surface area contributed by atoms with E-state index in [4.69, 9.17) is 26.6 Å². The average Bonchev–Trinajstić information content (AvgIpc) is 2.57. The molecule has 2 rings (SSSR count). The quantitative estimate of drug-likeness (QED) is 0.527. The number of hydrogen-bond acceptors (Lipinski definition) is 5. The Balaban J connectivity index is 2.36. The van der Waals surface area contributed by atoms with Crippen LogP contribution in [0.4, 0.5) is 5.69 Å². The number of benzene rings is 1. The van der Waals surface area contributed by atoms with E-state index in [9.17, 15) is 10.1 Å². The van der Waals surface area contributed by atoms with E-state index in [1.54, 1.807) is 0 Å². The van der Waals surface area contributed by atoms with Crippen molar-refractivity contribution in [1.82, 2.24) is 0 Å². The van der Waals surface area contributed by atoms with Gasteiger partial charge in [0.05, 0.1) is 22.1 Å². The zero-order chi connectivity index (χ0) is 16.0. The summed E-state index contributed by atoms with van der Waals surface area (Å²) in [5, 5.41) is 11.5. The third-order valence-corrected chi connectivity index (χ3v) is 4.35. The fourth-order valence-corrected chi connectivity index (χ4v) is 2.32. The lowest BCUT2D eigenvalue weighted by Gasteiger charge is -2.32. The topological polar surface area (TPSA) is 87.6 Å². The Bertz CT molecular complexity index is 563. The van der Waals surface area contributed by atoms with Gasteiger partial charge in [-0.25, -0.2) is 0 Å². The molecule has 114 valence electrons. The molecule has 21 heavy (non-hydrogen) atoms. The van der Waals surface area contributed by atoms with Crippen LogP contribution >= 0.6 is 11.6 Å². The van der Waals surface area contributed by atoms with Crippen molar-refractivity contribution >= 4 is 24.4 Å². The van der Waals surface area contributed by atoms with E-state index in [1.165, 1.54) is 18.2 Å². The second-order valence-electron chi connectivity index (χ2n) is 6.11. The molecule has 1 aliphatic heterocycles. The van der Waals surface area contributed by atoms with Gasteiger partial charge in [-0.05, 0) is 39.8 Å². The van der Waals surface area contributed by atoms with Crippen LogP contribution in [0.2, 0.25) is 5.02 Å². The first-order valence-corrected chi connectivity index (χ1v) is 6.98. The van der Waals surface area contributed by atoms with Crippen molar-refractivity contribution in [3.8, 4) is 0 Å². The van der Waals surface area contributed by atoms with Crippen molar-refractivity contribution in [3.63, 3.8) is 0 Å². The minimum Gasteiger partial charge on any atom is -0.402 e. The van der Waals surface area contributed by atoms with Crippen LogP contribution in [0.1, 0.15) is 39.2 Å². The van der Waals surface area contributed by atoms with Gasteiger partial charge < -0.3 is 15.0 Å². The number of nitro groups is 1. The monoisotopic (exact) mass is 312 g/mol. The molecule has 0 spiro atoms. The van der Waals surface area contributed by atoms with Gasteiger partial charge in [0.25, 0.3) is 5.69 Å². The number of nitrogens with zero attached hydrogens (tertiary/aromatic N) is 1. The van der Waals surface area contributed by atoms with Gasteiger partial charge in [0, 0.05) is 16.7 Å². The highest BCUT2D eigenvalue weighted by Crippen LogP contribution is 2.41. The molecule has 0 unspecified atom stereocenters. The third kappa shape index (κ3) is 2.92. The van der Waals surface area contributed by atoms with Crippen LogP contribution < -0.4 is 5.73 Å². The van der Waals surface area contributed by atoms with Crippen LogP contribution in [0.25, 0.3) is 0 Å². The first-order valence-electron chi connectivity index (χ1n) is 6.60. The fraction of sp³-hybridized carbons (Fsp3) is 0.538. The van der Waals surface area contributed by atoms with E-state index in [0.29, 0.717) is 10.6 Å². The molecule has 1 aromatic carbocycles. The Labute approximate surface area is 128 Å². The minimum absolute atomic E-state index is 0.0957. The SMILES string of the molecule is CC1(C)OB([C@H](N)c2cc(Cl)ccc2[N+](=O)[O-])OC1(C)C. The summed E-state index contributed by atoms with van der Waals surface area (Å²) in [6.45, 7) is 7.58. The first kappa shape index (κ1) is 16.2. The molecule has 0 aliphatic carbocycles. The molecule has 1 aliphatic rings. The molecule has 2 N–H and O–H groups in total.